The van der Waals surface area contributed by atoms with Crippen LogP contribution in [0.3, 0.4) is 0 Å². The summed E-state index contributed by atoms with van der Waals surface area (Å²) in [4.78, 5) is 36.6. The number of hydrogen-bond acceptors (Lipinski definition) is 5. The van der Waals surface area contributed by atoms with Crippen molar-refractivity contribution in [2.24, 2.45) is 0 Å². The van der Waals surface area contributed by atoms with Crippen LogP contribution in [0.5, 0.6) is 0 Å². The third-order valence-electron chi connectivity index (χ3n) is 3.86. The Morgan fingerprint density at radius 1 is 0.966 bits per heavy atom. The molecular formula is C22H26N2O5. The number of benzene rings is 2. The number of ether oxygens (including phenoxy) is 2. The van der Waals surface area contributed by atoms with Crippen LogP contribution in [0.15, 0.2) is 54.6 Å². The minimum atomic E-state index is -0.836. The van der Waals surface area contributed by atoms with Gasteiger partial charge in [0.2, 0.25) is 0 Å². The Hall–Kier alpha value is -3.35. The third kappa shape index (κ3) is 7.29. The van der Waals surface area contributed by atoms with E-state index in [2.05, 4.69) is 15.4 Å². The smallest absolute Gasteiger partial charge is 0.411 e. The molecule has 0 aliphatic heterocycles. The van der Waals surface area contributed by atoms with Crippen molar-refractivity contribution in [3.8, 4) is 0 Å². The molecule has 0 aliphatic rings. The number of esters is 1. The Morgan fingerprint density at radius 3 is 2.14 bits per heavy atom. The molecule has 0 radical (unpaired) electrons. The molecule has 0 aliphatic carbocycles. The van der Waals surface area contributed by atoms with Crippen molar-refractivity contribution in [2.45, 2.75) is 38.8 Å². The minimum absolute atomic E-state index is 0.309. The Labute approximate surface area is 170 Å². The second-order valence-electron chi connectivity index (χ2n) is 7.44. The number of nitrogens with one attached hydrogen (secondary N) is 2. The molecule has 0 spiro atoms. The van der Waals surface area contributed by atoms with E-state index in [1.807, 2.05) is 30.3 Å². The molecule has 2 N–H and O–H groups in total. The fourth-order valence-corrected chi connectivity index (χ4v) is 2.53. The highest BCUT2D eigenvalue weighted by Gasteiger charge is 2.27. The van der Waals surface area contributed by atoms with Gasteiger partial charge in [0.1, 0.15) is 11.6 Å². The van der Waals surface area contributed by atoms with Gasteiger partial charge in [-0.2, -0.15) is 0 Å². The maximum atomic E-state index is 12.7. The summed E-state index contributed by atoms with van der Waals surface area (Å²) in [6.45, 7) is 5.33. The van der Waals surface area contributed by atoms with Crippen molar-refractivity contribution in [3.05, 3.63) is 65.7 Å². The van der Waals surface area contributed by atoms with Crippen LogP contribution < -0.4 is 10.6 Å². The number of hydrogen-bond donors (Lipinski definition) is 2. The maximum absolute atomic E-state index is 12.7. The van der Waals surface area contributed by atoms with Gasteiger partial charge in [-0.15, -0.1) is 0 Å². The normalized spacial score (nSPS) is 11.9. The number of amides is 2. The number of rotatable bonds is 6. The van der Waals surface area contributed by atoms with Crippen LogP contribution in [0.4, 0.5) is 10.5 Å². The van der Waals surface area contributed by atoms with E-state index in [4.69, 9.17) is 4.74 Å². The monoisotopic (exact) mass is 398 g/mol. The maximum Gasteiger partial charge on any atom is 0.411 e. The van der Waals surface area contributed by atoms with Gasteiger partial charge in [0, 0.05) is 17.7 Å². The van der Waals surface area contributed by atoms with Crippen LogP contribution in [-0.4, -0.2) is 36.7 Å². The van der Waals surface area contributed by atoms with Crippen molar-refractivity contribution in [1.29, 1.82) is 0 Å². The predicted molar refractivity (Wildman–Crippen MR) is 110 cm³/mol. The van der Waals surface area contributed by atoms with Crippen LogP contribution >= 0.6 is 0 Å². The molecule has 0 fully saturated rings. The lowest BCUT2D eigenvalue weighted by Crippen LogP contribution is -2.45. The molecule has 29 heavy (non-hydrogen) atoms. The van der Waals surface area contributed by atoms with E-state index < -0.39 is 29.6 Å². The first-order valence-electron chi connectivity index (χ1n) is 9.20. The van der Waals surface area contributed by atoms with Gasteiger partial charge in [-0.1, -0.05) is 30.3 Å². The fraction of sp³-hybridized carbons (Fsp3) is 0.318. The van der Waals surface area contributed by atoms with E-state index in [1.165, 1.54) is 7.11 Å². The first-order chi connectivity index (χ1) is 13.7. The molecule has 2 amide bonds. The average molecular weight is 398 g/mol. The van der Waals surface area contributed by atoms with Gasteiger partial charge in [-0.3, -0.25) is 10.1 Å². The zero-order valence-electron chi connectivity index (χ0n) is 17.0. The molecular weight excluding hydrogens is 372 g/mol. The Kier molecular flexibility index (Phi) is 7.36. The molecule has 2 rings (SSSR count). The summed E-state index contributed by atoms with van der Waals surface area (Å²) in [5, 5.41) is 5.26. The zero-order chi connectivity index (χ0) is 21.4. The SMILES string of the molecule is COC(=O)Nc1ccc(C(=O)N[C@H](Cc2ccccc2)C(=O)OC(C)(C)C)cc1. The number of methoxy groups -OCH3 is 1. The molecule has 0 saturated heterocycles. The van der Waals surface area contributed by atoms with Crippen molar-refractivity contribution in [1.82, 2.24) is 5.32 Å². The number of anilines is 1. The van der Waals surface area contributed by atoms with Gasteiger partial charge < -0.3 is 14.8 Å². The Balaban J connectivity index is 2.13. The first kappa shape index (κ1) is 21.9. The number of carbonyl (C=O) groups excluding carboxylic acids is 3. The highest BCUT2D eigenvalue weighted by molar-refractivity contribution is 5.97. The Bertz CT molecular complexity index is 842. The summed E-state index contributed by atoms with van der Waals surface area (Å²) in [7, 11) is 1.26. The molecule has 154 valence electrons. The molecule has 7 heteroatoms. The largest absolute Gasteiger partial charge is 0.458 e. The summed E-state index contributed by atoms with van der Waals surface area (Å²) in [5.41, 5.74) is 1.07. The van der Waals surface area contributed by atoms with E-state index in [0.29, 0.717) is 17.7 Å². The molecule has 1 atom stereocenters. The van der Waals surface area contributed by atoms with Crippen LogP contribution in [0.1, 0.15) is 36.7 Å². The molecule has 0 heterocycles. The lowest BCUT2D eigenvalue weighted by Gasteiger charge is -2.24. The van der Waals surface area contributed by atoms with Crippen LogP contribution in [0.2, 0.25) is 0 Å². The van der Waals surface area contributed by atoms with E-state index in [9.17, 15) is 14.4 Å². The van der Waals surface area contributed by atoms with Gasteiger partial charge in [-0.05, 0) is 50.6 Å². The van der Waals surface area contributed by atoms with Crippen molar-refractivity contribution < 1.29 is 23.9 Å². The third-order valence-corrected chi connectivity index (χ3v) is 3.86. The van der Waals surface area contributed by atoms with Crippen LogP contribution in [0.25, 0.3) is 0 Å². The summed E-state index contributed by atoms with van der Waals surface area (Å²) >= 11 is 0. The molecule has 7 nitrogen and oxygen atoms in total. The lowest BCUT2D eigenvalue weighted by atomic mass is 10.0. The van der Waals surface area contributed by atoms with Gasteiger partial charge in [0.25, 0.3) is 5.91 Å². The van der Waals surface area contributed by atoms with Gasteiger partial charge in [0.05, 0.1) is 7.11 Å². The Morgan fingerprint density at radius 2 is 1.59 bits per heavy atom. The summed E-state index contributed by atoms with van der Waals surface area (Å²) in [5.74, 6) is -0.917. The van der Waals surface area contributed by atoms with Crippen molar-refractivity contribution in [3.63, 3.8) is 0 Å². The van der Waals surface area contributed by atoms with Gasteiger partial charge >= 0.3 is 12.1 Å². The molecule has 0 saturated carbocycles. The van der Waals surface area contributed by atoms with Gasteiger partial charge in [-0.25, -0.2) is 9.59 Å². The highest BCUT2D eigenvalue weighted by Crippen LogP contribution is 2.14. The second-order valence-corrected chi connectivity index (χ2v) is 7.44. The van der Waals surface area contributed by atoms with Crippen molar-refractivity contribution in [2.75, 3.05) is 12.4 Å². The molecule has 2 aromatic carbocycles. The van der Waals surface area contributed by atoms with Crippen LogP contribution in [-0.2, 0) is 20.7 Å². The van der Waals surface area contributed by atoms with E-state index in [0.717, 1.165) is 5.56 Å². The summed E-state index contributed by atoms with van der Waals surface area (Å²) < 4.78 is 10.00. The second kappa shape index (κ2) is 9.73. The van der Waals surface area contributed by atoms with Gasteiger partial charge in [0.15, 0.2) is 0 Å². The van der Waals surface area contributed by atoms with E-state index in [1.54, 1.807) is 45.0 Å². The topological polar surface area (TPSA) is 93.7 Å². The zero-order valence-corrected chi connectivity index (χ0v) is 17.0. The summed E-state index contributed by atoms with van der Waals surface area (Å²) in [6.07, 6.45) is -0.293. The molecule has 0 unspecified atom stereocenters. The fourth-order valence-electron chi connectivity index (χ4n) is 2.53. The number of carbonyl (C=O) groups is 3. The van der Waals surface area contributed by atoms with E-state index in [-0.39, 0.29) is 0 Å². The average Bonchev–Trinajstić information content (AvgIpc) is 2.67. The van der Waals surface area contributed by atoms with Crippen molar-refractivity contribution >= 4 is 23.7 Å². The first-order valence-corrected chi connectivity index (χ1v) is 9.20. The molecule has 0 bridgehead atoms. The molecule has 2 aromatic rings. The molecule has 0 aromatic heterocycles. The minimum Gasteiger partial charge on any atom is -0.458 e. The quantitative estimate of drug-likeness (QED) is 0.726. The highest BCUT2D eigenvalue weighted by atomic mass is 16.6. The van der Waals surface area contributed by atoms with Crippen LogP contribution in [0, 0.1) is 0 Å². The predicted octanol–water partition coefficient (Wildman–Crippen LogP) is 3.55. The lowest BCUT2D eigenvalue weighted by molar-refractivity contribution is -0.157. The standard InChI is InChI=1S/C22H26N2O5/c1-22(2,3)29-20(26)18(14-15-8-6-5-7-9-15)24-19(25)16-10-12-17(13-11-16)23-21(27)28-4/h5-13,18H,14H2,1-4H3,(H,23,27)(H,24,25)/t18-/m1/s1. The van der Waals surface area contributed by atoms with E-state index >= 15 is 0 Å². The summed E-state index contributed by atoms with van der Waals surface area (Å²) in [6, 6.07) is 14.8.